The summed E-state index contributed by atoms with van der Waals surface area (Å²) >= 11 is 0. The first kappa shape index (κ1) is 13.6. The molecule has 1 fully saturated rings. The maximum atomic E-state index is 12.5. The Morgan fingerprint density at radius 2 is 2.17 bits per heavy atom. The van der Waals surface area contributed by atoms with Crippen molar-refractivity contribution in [3.8, 4) is 0 Å². The molecule has 0 aromatic carbocycles. The summed E-state index contributed by atoms with van der Waals surface area (Å²) in [6, 6.07) is 1.42. The minimum absolute atomic E-state index is 0.175. The lowest BCUT2D eigenvalue weighted by atomic mass is 10.4. The topological polar surface area (TPSA) is 70.8 Å². The summed E-state index contributed by atoms with van der Waals surface area (Å²) in [5, 5.41) is 8.99. The molecule has 102 valence electrons. The molecule has 1 saturated carbocycles. The Balaban J connectivity index is 2.29. The fourth-order valence-electron chi connectivity index (χ4n) is 1.98. The van der Waals surface area contributed by atoms with E-state index in [0.29, 0.717) is 24.8 Å². The van der Waals surface area contributed by atoms with Crippen LogP contribution < -0.4 is 0 Å². The molecule has 2 rings (SSSR count). The highest BCUT2D eigenvalue weighted by Crippen LogP contribution is 2.32. The van der Waals surface area contributed by atoms with Gasteiger partial charge in [-0.15, -0.1) is 0 Å². The van der Waals surface area contributed by atoms with Gasteiger partial charge < -0.3 is 9.52 Å². The van der Waals surface area contributed by atoms with Gasteiger partial charge in [0, 0.05) is 19.2 Å². The fraction of sp³-hybridized carbons (Fsp3) is 0.667. The lowest BCUT2D eigenvalue weighted by Crippen LogP contribution is -2.32. The SMILES string of the molecule is CCN(CC1CC1)S(=O)(=O)c1cc(CO)oc1C. The van der Waals surface area contributed by atoms with Crippen molar-refractivity contribution in [1.29, 1.82) is 0 Å². The summed E-state index contributed by atoms with van der Waals surface area (Å²) < 4.78 is 31.6. The second-order valence-corrected chi connectivity index (χ2v) is 6.60. The molecule has 0 amide bonds. The summed E-state index contributed by atoms with van der Waals surface area (Å²) in [4.78, 5) is 0.175. The number of sulfonamides is 1. The van der Waals surface area contributed by atoms with Crippen LogP contribution in [0.2, 0.25) is 0 Å². The van der Waals surface area contributed by atoms with Crippen LogP contribution in [0.15, 0.2) is 15.4 Å². The van der Waals surface area contributed by atoms with Crippen LogP contribution in [0.4, 0.5) is 0 Å². The van der Waals surface area contributed by atoms with E-state index in [9.17, 15) is 8.42 Å². The lowest BCUT2D eigenvalue weighted by Gasteiger charge is -2.19. The van der Waals surface area contributed by atoms with Crippen LogP contribution in [0.1, 0.15) is 31.3 Å². The molecule has 0 bridgehead atoms. The molecule has 18 heavy (non-hydrogen) atoms. The first-order chi connectivity index (χ1) is 8.48. The van der Waals surface area contributed by atoms with E-state index in [0.717, 1.165) is 12.8 Å². The quantitative estimate of drug-likeness (QED) is 0.852. The number of hydrogen-bond donors (Lipinski definition) is 1. The maximum Gasteiger partial charge on any atom is 0.246 e. The molecular formula is C12H19NO4S. The first-order valence-corrected chi connectivity index (χ1v) is 7.63. The van der Waals surface area contributed by atoms with Gasteiger partial charge in [0.1, 0.15) is 23.0 Å². The van der Waals surface area contributed by atoms with Crippen molar-refractivity contribution >= 4 is 10.0 Å². The third-order valence-electron chi connectivity index (χ3n) is 3.21. The van der Waals surface area contributed by atoms with Crippen LogP contribution in [0.25, 0.3) is 0 Å². The number of aryl methyl sites for hydroxylation is 1. The molecule has 0 unspecified atom stereocenters. The van der Waals surface area contributed by atoms with E-state index < -0.39 is 10.0 Å². The van der Waals surface area contributed by atoms with Crippen LogP contribution >= 0.6 is 0 Å². The number of nitrogens with zero attached hydrogens (tertiary/aromatic N) is 1. The van der Waals surface area contributed by atoms with E-state index in [4.69, 9.17) is 9.52 Å². The molecule has 6 heteroatoms. The molecule has 0 aliphatic heterocycles. The fourth-order valence-corrected chi connectivity index (χ4v) is 3.69. The summed E-state index contributed by atoms with van der Waals surface area (Å²) in [5.41, 5.74) is 0. The number of aliphatic hydroxyl groups excluding tert-OH is 1. The van der Waals surface area contributed by atoms with E-state index >= 15 is 0 Å². The van der Waals surface area contributed by atoms with Gasteiger partial charge in [-0.3, -0.25) is 0 Å². The molecule has 1 heterocycles. The highest BCUT2D eigenvalue weighted by atomic mass is 32.2. The van der Waals surface area contributed by atoms with E-state index in [1.54, 1.807) is 6.92 Å². The molecule has 1 N–H and O–H groups in total. The zero-order valence-corrected chi connectivity index (χ0v) is 11.5. The number of hydrogen-bond acceptors (Lipinski definition) is 4. The third kappa shape index (κ3) is 2.60. The molecule has 1 aromatic heterocycles. The van der Waals surface area contributed by atoms with Gasteiger partial charge in [-0.1, -0.05) is 6.92 Å². The van der Waals surface area contributed by atoms with E-state index in [-0.39, 0.29) is 17.3 Å². The molecule has 1 aliphatic carbocycles. The van der Waals surface area contributed by atoms with Crippen LogP contribution in [-0.4, -0.2) is 30.9 Å². The standard InChI is InChI=1S/C12H19NO4S/c1-3-13(7-10-4-5-10)18(15,16)12-6-11(8-14)17-9(12)2/h6,10,14H,3-5,7-8H2,1-2H3. The Kier molecular flexibility index (Phi) is 3.79. The molecule has 1 aromatic rings. The Hall–Kier alpha value is -0.850. The predicted octanol–water partition coefficient (Wildman–Crippen LogP) is 1.50. The number of furan rings is 1. The maximum absolute atomic E-state index is 12.5. The number of rotatable bonds is 6. The summed E-state index contributed by atoms with van der Waals surface area (Å²) in [5.74, 6) is 1.13. The van der Waals surface area contributed by atoms with Crippen LogP contribution in [0, 0.1) is 12.8 Å². The smallest absolute Gasteiger partial charge is 0.246 e. The van der Waals surface area contributed by atoms with Crippen LogP contribution in [0.5, 0.6) is 0 Å². The molecule has 0 spiro atoms. The van der Waals surface area contributed by atoms with E-state index in [1.165, 1.54) is 10.4 Å². The van der Waals surface area contributed by atoms with Crippen LogP contribution in [0.3, 0.4) is 0 Å². The minimum Gasteiger partial charge on any atom is -0.462 e. The summed E-state index contributed by atoms with van der Waals surface area (Å²) in [6.07, 6.45) is 2.22. The molecule has 1 aliphatic rings. The van der Waals surface area contributed by atoms with Crippen molar-refractivity contribution in [2.75, 3.05) is 13.1 Å². The molecular weight excluding hydrogens is 254 g/mol. The Labute approximate surface area is 107 Å². The van der Waals surface area contributed by atoms with Crippen LogP contribution in [-0.2, 0) is 16.6 Å². The van der Waals surface area contributed by atoms with Gasteiger partial charge >= 0.3 is 0 Å². The zero-order chi connectivity index (χ0) is 13.3. The average molecular weight is 273 g/mol. The molecule has 0 saturated heterocycles. The second kappa shape index (κ2) is 5.03. The van der Waals surface area contributed by atoms with Crippen molar-refractivity contribution in [3.63, 3.8) is 0 Å². The zero-order valence-electron chi connectivity index (χ0n) is 10.7. The van der Waals surface area contributed by atoms with E-state index in [1.807, 2.05) is 6.92 Å². The van der Waals surface area contributed by atoms with Crippen molar-refractivity contribution in [3.05, 3.63) is 17.6 Å². The summed E-state index contributed by atoms with van der Waals surface area (Å²) in [7, 11) is -3.50. The molecule has 0 atom stereocenters. The second-order valence-electron chi connectivity index (χ2n) is 4.69. The van der Waals surface area contributed by atoms with Gasteiger partial charge in [0.05, 0.1) is 0 Å². The average Bonchev–Trinajstić information content (AvgIpc) is 3.07. The van der Waals surface area contributed by atoms with Gasteiger partial charge in [-0.05, 0) is 25.7 Å². The first-order valence-electron chi connectivity index (χ1n) is 6.19. The van der Waals surface area contributed by atoms with Gasteiger partial charge in [-0.25, -0.2) is 8.42 Å². The predicted molar refractivity (Wildman–Crippen MR) is 66.5 cm³/mol. The Morgan fingerprint density at radius 3 is 2.61 bits per heavy atom. The van der Waals surface area contributed by atoms with Crippen molar-refractivity contribution in [1.82, 2.24) is 4.31 Å². The minimum atomic E-state index is -3.50. The van der Waals surface area contributed by atoms with Gasteiger partial charge in [0.15, 0.2) is 0 Å². The van der Waals surface area contributed by atoms with E-state index in [2.05, 4.69) is 0 Å². The highest BCUT2D eigenvalue weighted by Gasteiger charge is 2.32. The monoisotopic (exact) mass is 273 g/mol. The van der Waals surface area contributed by atoms with Crippen molar-refractivity contribution in [2.24, 2.45) is 5.92 Å². The van der Waals surface area contributed by atoms with Gasteiger partial charge in [0.25, 0.3) is 0 Å². The van der Waals surface area contributed by atoms with Gasteiger partial charge in [0.2, 0.25) is 10.0 Å². The largest absolute Gasteiger partial charge is 0.462 e. The Bertz CT molecular complexity index is 516. The van der Waals surface area contributed by atoms with Gasteiger partial charge in [-0.2, -0.15) is 4.31 Å². The normalized spacial score (nSPS) is 16.4. The number of aliphatic hydroxyl groups is 1. The Morgan fingerprint density at radius 1 is 1.50 bits per heavy atom. The molecule has 0 radical (unpaired) electrons. The third-order valence-corrected chi connectivity index (χ3v) is 5.26. The van der Waals surface area contributed by atoms with Crippen molar-refractivity contribution in [2.45, 2.75) is 38.2 Å². The highest BCUT2D eigenvalue weighted by molar-refractivity contribution is 7.89. The summed E-state index contributed by atoms with van der Waals surface area (Å²) in [6.45, 7) is 4.19. The molecule has 5 nitrogen and oxygen atoms in total. The lowest BCUT2D eigenvalue weighted by molar-refractivity contribution is 0.244. The van der Waals surface area contributed by atoms with Crippen molar-refractivity contribution < 1.29 is 17.9 Å².